The van der Waals surface area contributed by atoms with Crippen LogP contribution in [0.5, 0.6) is 0 Å². The Kier molecular flexibility index (Phi) is 4.48. The first-order valence-corrected chi connectivity index (χ1v) is 9.90. The fourth-order valence-corrected chi connectivity index (χ4v) is 4.66. The molecule has 0 unspecified atom stereocenters. The van der Waals surface area contributed by atoms with Crippen molar-refractivity contribution >= 4 is 11.6 Å². The van der Waals surface area contributed by atoms with Gasteiger partial charge in [-0.25, -0.2) is 4.98 Å². The highest BCUT2D eigenvalue weighted by Crippen LogP contribution is 2.47. The molecule has 3 heterocycles. The third-order valence-electron chi connectivity index (χ3n) is 6.02. The molecule has 1 fully saturated rings. The quantitative estimate of drug-likeness (QED) is 0.723. The minimum Gasteiger partial charge on any atom is -0.394 e. The number of aromatic nitrogens is 2. The van der Waals surface area contributed by atoms with Crippen LogP contribution < -0.4 is 5.32 Å². The number of likely N-dealkylation sites (tertiary alicyclic amines) is 1. The van der Waals surface area contributed by atoms with Gasteiger partial charge in [0.1, 0.15) is 5.69 Å². The van der Waals surface area contributed by atoms with E-state index in [1.165, 1.54) is 6.20 Å². The lowest BCUT2D eigenvalue weighted by atomic mass is 9.82. The van der Waals surface area contributed by atoms with Gasteiger partial charge in [0.15, 0.2) is 0 Å². The molecule has 2 N–H and O–H groups in total. The molecule has 0 saturated carbocycles. The fourth-order valence-electron chi connectivity index (χ4n) is 4.66. The summed E-state index contributed by atoms with van der Waals surface area (Å²) in [6.07, 6.45) is 5.46. The molecule has 0 radical (unpaired) electrons. The predicted molar refractivity (Wildman–Crippen MR) is 110 cm³/mol. The van der Waals surface area contributed by atoms with Gasteiger partial charge in [0.05, 0.1) is 24.9 Å². The van der Waals surface area contributed by atoms with Gasteiger partial charge >= 0.3 is 0 Å². The molecule has 0 bridgehead atoms. The average Bonchev–Trinajstić information content (AvgIpc) is 3.24. The van der Waals surface area contributed by atoms with Crippen LogP contribution in [-0.4, -0.2) is 45.1 Å². The van der Waals surface area contributed by atoms with E-state index in [4.69, 9.17) is 0 Å². The number of rotatable bonds is 3. The number of amides is 1. The Labute approximate surface area is 169 Å². The number of carbonyl (C=O) groups excluding carboxylic acids is 1. The van der Waals surface area contributed by atoms with Crippen LogP contribution >= 0.6 is 0 Å². The summed E-state index contributed by atoms with van der Waals surface area (Å²) < 4.78 is 0. The van der Waals surface area contributed by atoms with Gasteiger partial charge < -0.3 is 15.3 Å². The first kappa shape index (κ1) is 17.8. The van der Waals surface area contributed by atoms with Gasteiger partial charge in [0.25, 0.3) is 5.91 Å². The van der Waals surface area contributed by atoms with Gasteiger partial charge in [0.2, 0.25) is 0 Å². The minimum absolute atomic E-state index is 0.0359. The molecule has 2 aliphatic heterocycles. The van der Waals surface area contributed by atoms with Crippen LogP contribution in [0.4, 0.5) is 5.69 Å². The molecule has 29 heavy (non-hydrogen) atoms. The van der Waals surface area contributed by atoms with Crippen LogP contribution in [0.1, 0.15) is 28.5 Å². The maximum absolute atomic E-state index is 13.2. The highest BCUT2D eigenvalue weighted by atomic mass is 16.3. The van der Waals surface area contributed by atoms with Crippen LogP contribution in [0.3, 0.4) is 0 Å². The van der Waals surface area contributed by atoms with E-state index in [2.05, 4.69) is 45.6 Å². The van der Waals surface area contributed by atoms with Gasteiger partial charge in [-0.3, -0.25) is 9.78 Å². The molecular weight excluding hydrogens is 364 g/mol. The number of hydrogen-bond donors (Lipinski definition) is 2. The zero-order valence-corrected chi connectivity index (χ0v) is 15.9. The third-order valence-corrected chi connectivity index (χ3v) is 6.02. The molecule has 6 heteroatoms. The second kappa shape index (κ2) is 7.29. The Morgan fingerprint density at radius 2 is 2.00 bits per heavy atom. The Morgan fingerprint density at radius 1 is 1.14 bits per heavy atom. The van der Waals surface area contributed by atoms with Gasteiger partial charge in [-0.15, -0.1) is 0 Å². The summed E-state index contributed by atoms with van der Waals surface area (Å²) in [7, 11) is 0. The smallest absolute Gasteiger partial charge is 0.274 e. The van der Waals surface area contributed by atoms with Crippen molar-refractivity contribution in [2.75, 3.05) is 18.5 Å². The van der Waals surface area contributed by atoms with Crippen LogP contribution in [0.2, 0.25) is 0 Å². The van der Waals surface area contributed by atoms with Gasteiger partial charge in [-0.05, 0) is 35.2 Å². The summed E-state index contributed by atoms with van der Waals surface area (Å²) in [6, 6.07) is 16.4. The largest absolute Gasteiger partial charge is 0.394 e. The van der Waals surface area contributed by atoms with E-state index >= 15 is 0 Å². The molecule has 146 valence electrons. The molecule has 6 nitrogen and oxygen atoms in total. The molecular formula is C23H22N4O2. The zero-order valence-electron chi connectivity index (χ0n) is 15.9. The number of nitrogens with zero attached hydrogens (tertiary/aromatic N) is 3. The van der Waals surface area contributed by atoms with Crippen LogP contribution in [0, 0.1) is 5.92 Å². The molecule has 5 rings (SSSR count). The van der Waals surface area contributed by atoms with Crippen molar-refractivity contribution in [3.05, 3.63) is 78.4 Å². The average molecular weight is 386 g/mol. The highest BCUT2D eigenvalue weighted by molar-refractivity contribution is 5.93. The normalized spacial score (nSPS) is 22.5. The van der Waals surface area contributed by atoms with Crippen molar-refractivity contribution in [3.8, 4) is 11.1 Å². The SMILES string of the molecule is O=C(c1cnccn1)N1CC[C@@H]2[C@H]1c1cc(-c3ccccc3)ccc1N[C@@H]2CO. The maximum atomic E-state index is 13.2. The molecule has 2 aliphatic rings. The first-order chi connectivity index (χ1) is 14.3. The van der Waals surface area contributed by atoms with Crippen molar-refractivity contribution in [1.82, 2.24) is 14.9 Å². The van der Waals surface area contributed by atoms with Gasteiger partial charge in [0, 0.05) is 30.5 Å². The topological polar surface area (TPSA) is 78.4 Å². The van der Waals surface area contributed by atoms with E-state index in [-0.39, 0.29) is 30.5 Å². The highest BCUT2D eigenvalue weighted by Gasteiger charge is 2.46. The van der Waals surface area contributed by atoms with E-state index < -0.39 is 0 Å². The third kappa shape index (κ3) is 3.06. The van der Waals surface area contributed by atoms with E-state index in [0.717, 1.165) is 28.8 Å². The monoisotopic (exact) mass is 386 g/mol. The molecule has 1 aromatic heterocycles. The summed E-state index contributed by atoms with van der Waals surface area (Å²) in [5.74, 6) is 0.0411. The zero-order chi connectivity index (χ0) is 19.8. The molecule has 0 spiro atoms. The summed E-state index contributed by atoms with van der Waals surface area (Å²) in [6.45, 7) is 0.673. The van der Waals surface area contributed by atoms with E-state index in [9.17, 15) is 9.90 Å². The Bertz CT molecular complexity index is 1030. The van der Waals surface area contributed by atoms with Crippen molar-refractivity contribution < 1.29 is 9.90 Å². The van der Waals surface area contributed by atoms with Crippen LogP contribution in [-0.2, 0) is 0 Å². The number of benzene rings is 2. The molecule has 1 amide bonds. The predicted octanol–water partition coefficient (Wildman–Crippen LogP) is 3.13. The fraction of sp³-hybridized carbons (Fsp3) is 0.261. The Hall–Kier alpha value is -3.25. The number of hydrogen-bond acceptors (Lipinski definition) is 5. The molecule has 1 saturated heterocycles. The van der Waals surface area contributed by atoms with Crippen LogP contribution in [0.15, 0.2) is 67.1 Å². The lowest BCUT2D eigenvalue weighted by Gasteiger charge is -2.39. The van der Waals surface area contributed by atoms with Crippen molar-refractivity contribution in [2.45, 2.75) is 18.5 Å². The summed E-state index contributed by atoms with van der Waals surface area (Å²) in [5, 5.41) is 13.4. The van der Waals surface area contributed by atoms with Gasteiger partial charge in [-0.2, -0.15) is 0 Å². The van der Waals surface area contributed by atoms with E-state index in [1.54, 1.807) is 12.4 Å². The molecule has 2 aromatic carbocycles. The molecule has 3 atom stereocenters. The molecule has 3 aromatic rings. The Morgan fingerprint density at radius 3 is 2.76 bits per heavy atom. The summed E-state index contributed by atoms with van der Waals surface area (Å²) >= 11 is 0. The van der Waals surface area contributed by atoms with Crippen molar-refractivity contribution in [2.24, 2.45) is 5.92 Å². The molecule has 0 aliphatic carbocycles. The standard InChI is InChI=1S/C23H22N4O2/c28-14-21-17-8-11-27(23(29)20-13-24-9-10-25-20)22(17)18-12-16(6-7-19(18)26-21)15-4-2-1-3-5-15/h1-7,9-10,12-13,17,21-22,26,28H,8,11,14H2/t17-,21+,22-/m0/s1. The van der Waals surface area contributed by atoms with E-state index in [1.807, 2.05) is 23.1 Å². The van der Waals surface area contributed by atoms with Crippen molar-refractivity contribution in [1.29, 1.82) is 0 Å². The van der Waals surface area contributed by atoms with Gasteiger partial charge in [-0.1, -0.05) is 36.4 Å². The number of carbonyl (C=O) groups is 1. The summed E-state index contributed by atoms with van der Waals surface area (Å²) in [5.41, 5.74) is 4.68. The second-order valence-corrected chi connectivity index (χ2v) is 7.59. The number of fused-ring (bicyclic) bond motifs is 3. The maximum Gasteiger partial charge on any atom is 0.274 e. The van der Waals surface area contributed by atoms with Crippen molar-refractivity contribution in [3.63, 3.8) is 0 Å². The minimum atomic E-state index is -0.111. The lowest BCUT2D eigenvalue weighted by Crippen LogP contribution is -2.43. The summed E-state index contributed by atoms with van der Waals surface area (Å²) in [4.78, 5) is 23.3. The second-order valence-electron chi connectivity index (χ2n) is 7.59. The van der Waals surface area contributed by atoms with E-state index in [0.29, 0.717) is 12.2 Å². The number of aliphatic hydroxyl groups is 1. The Balaban J connectivity index is 1.58. The number of anilines is 1. The number of aliphatic hydroxyl groups excluding tert-OH is 1. The first-order valence-electron chi connectivity index (χ1n) is 9.90. The lowest BCUT2D eigenvalue weighted by molar-refractivity contribution is 0.0694. The number of nitrogens with one attached hydrogen (secondary N) is 1. The van der Waals surface area contributed by atoms with Crippen LogP contribution in [0.25, 0.3) is 11.1 Å².